The van der Waals surface area contributed by atoms with E-state index in [1.807, 2.05) is 34.5 Å². The molecule has 0 radical (unpaired) electrons. The molecular weight excluding hydrogens is 406 g/mol. The highest BCUT2D eigenvalue weighted by Crippen LogP contribution is 2.24. The van der Waals surface area contributed by atoms with Gasteiger partial charge in [0.15, 0.2) is 0 Å². The lowest BCUT2D eigenvalue weighted by molar-refractivity contribution is 0.0645. The highest BCUT2D eigenvalue weighted by atomic mass is 32.2. The molecule has 1 aliphatic heterocycles. The first kappa shape index (κ1) is 20.5. The molecule has 1 saturated heterocycles. The molecule has 1 aliphatic carbocycles. The van der Waals surface area contributed by atoms with Crippen LogP contribution in [0.3, 0.4) is 0 Å². The van der Waals surface area contributed by atoms with E-state index in [-0.39, 0.29) is 5.91 Å². The average Bonchev–Trinajstić information content (AvgIpc) is 3.28. The summed E-state index contributed by atoms with van der Waals surface area (Å²) in [4.78, 5) is 17.6. The van der Waals surface area contributed by atoms with Gasteiger partial charge in [0.25, 0.3) is 5.91 Å². The summed E-state index contributed by atoms with van der Waals surface area (Å²) in [7, 11) is -3.49. The van der Waals surface area contributed by atoms with Gasteiger partial charge in [0, 0.05) is 39.3 Å². The number of sulfonamides is 1. The van der Waals surface area contributed by atoms with Crippen LogP contribution in [0.5, 0.6) is 0 Å². The number of carbonyl (C=O) groups is 1. The van der Waals surface area contributed by atoms with Gasteiger partial charge in [-0.25, -0.2) is 13.1 Å². The Hall–Kier alpha value is -1.74. The van der Waals surface area contributed by atoms with Crippen LogP contribution in [0.15, 0.2) is 40.6 Å². The molecule has 4 rings (SSSR count). The molecule has 29 heavy (non-hydrogen) atoms. The molecule has 0 spiro atoms. The van der Waals surface area contributed by atoms with Crippen molar-refractivity contribution < 1.29 is 13.2 Å². The summed E-state index contributed by atoms with van der Waals surface area (Å²) >= 11 is 1.47. The lowest BCUT2D eigenvalue weighted by atomic mass is 9.92. The van der Waals surface area contributed by atoms with Gasteiger partial charge >= 0.3 is 0 Å². The number of fused-ring (bicyclic) bond motifs is 1. The zero-order valence-corrected chi connectivity index (χ0v) is 18.1. The maximum Gasteiger partial charge on any atom is 0.264 e. The van der Waals surface area contributed by atoms with E-state index in [1.165, 1.54) is 28.9 Å². The number of aryl methyl sites for hydroxylation is 2. The van der Waals surface area contributed by atoms with E-state index < -0.39 is 10.0 Å². The van der Waals surface area contributed by atoms with Crippen molar-refractivity contribution in [3.8, 4) is 0 Å². The first-order valence-electron chi connectivity index (χ1n) is 10.2. The molecule has 8 heteroatoms. The summed E-state index contributed by atoms with van der Waals surface area (Å²) in [6.07, 6.45) is 4.33. The largest absolute Gasteiger partial charge is 0.335 e. The Morgan fingerprint density at radius 3 is 2.52 bits per heavy atom. The van der Waals surface area contributed by atoms with Gasteiger partial charge in [0.2, 0.25) is 10.0 Å². The minimum atomic E-state index is -3.49. The lowest BCUT2D eigenvalue weighted by Crippen LogP contribution is -2.50. The third-order valence-electron chi connectivity index (χ3n) is 5.74. The number of benzene rings is 1. The van der Waals surface area contributed by atoms with Gasteiger partial charge in [0.05, 0.1) is 9.77 Å². The number of rotatable bonds is 6. The van der Waals surface area contributed by atoms with Crippen LogP contribution in [0.25, 0.3) is 0 Å². The van der Waals surface area contributed by atoms with Gasteiger partial charge in [-0.1, -0.05) is 12.1 Å². The molecule has 2 aromatic rings. The van der Waals surface area contributed by atoms with E-state index in [9.17, 15) is 13.2 Å². The standard InChI is InChI=1S/C21H27N3O3S2/c25-21(20-6-3-15-28-20)24-13-11-23(12-14-24)10-9-22-29(26,27)19-8-7-17-4-1-2-5-18(17)16-19/h3,6-8,15-16,22H,1-2,4-5,9-14H2. The van der Waals surface area contributed by atoms with E-state index in [4.69, 9.17) is 0 Å². The van der Waals surface area contributed by atoms with Gasteiger partial charge in [-0.2, -0.15) is 0 Å². The number of carbonyl (C=O) groups excluding carboxylic acids is 1. The second kappa shape index (κ2) is 8.95. The van der Waals surface area contributed by atoms with Crippen LogP contribution in [0.2, 0.25) is 0 Å². The van der Waals surface area contributed by atoms with E-state index in [1.54, 1.807) is 6.07 Å². The van der Waals surface area contributed by atoms with Gasteiger partial charge in [-0.05, 0) is 60.4 Å². The molecular formula is C21H27N3O3S2. The smallest absolute Gasteiger partial charge is 0.264 e. The van der Waals surface area contributed by atoms with Crippen LogP contribution in [-0.2, 0) is 22.9 Å². The first-order chi connectivity index (χ1) is 14.0. The Kier molecular flexibility index (Phi) is 6.34. The number of hydrogen-bond acceptors (Lipinski definition) is 5. The third-order valence-corrected chi connectivity index (χ3v) is 8.06. The van der Waals surface area contributed by atoms with E-state index >= 15 is 0 Å². The van der Waals surface area contributed by atoms with Gasteiger partial charge in [-0.15, -0.1) is 11.3 Å². The molecule has 0 saturated carbocycles. The molecule has 6 nitrogen and oxygen atoms in total. The Morgan fingerprint density at radius 1 is 1.03 bits per heavy atom. The number of amides is 1. The number of nitrogens with zero attached hydrogens (tertiary/aromatic N) is 2. The molecule has 156 valence electrons. The van der Waals surface area contributed by atoms with Crippen molar-refractivity contribution in [3.63, 3.8) is 0 Å². The zero-order valence-electron chi connectivity index (χ0n) is 16.5. The van der Waals surface area contributed by atoms with Crippen molar-refractivity contribution in [2.75, 3.05) is 39.3 Å². The quantitative estimate of drug-likeness (QED) is 0.759. The lowest BCUT2D eigenvalue weighted by Gasteiger charge is -2.34. The van der Waals surface area contributed by atoms with Gasteiger partial charge < -0.3 is 4.90 Å². The first-order valence-corrected chi connectivity index (χ1v) is 12.6. The Balaban J connectivity index is 1.25. The summed E-state index contributed by atoms with van der Waals surface area (Å²) in [6, 6.07) is 9.28. The van der Waals surface area contributed by atoms with Gasteiger partial charge in [-0.3, -0.25) is 9.69 Å². The minimum absolute atomic E-state index is 0.0905. The van der Waals surface area contributed by atoms with Crippen molar-refractivity contribution in [1.29, 1.82) is 0 Å². The predicted molar refractivity (Wildman–Crippen MR) is 115 cm³/mol. The molecule has 1 aromatic heterocycles. The third kappa shape index (κ3) is 4.88. The average molecular weight is 434 g/mol. The van der Waals surface area contributed by atoms with Crippen LogP contribution in [0, 0.1) is 0 Å². The minimum Gasteiger partial charge on any atom is -0.335 e. The van der Waals surface area contributed by atoms with Crippen molar-refractivity contribution in [2.24, 2.45) is 0 Å². The predicted octanol–water partition coefficient (Wildman–Crippen LogP) is 2.36. The second-order valence-corrected chi connectivity index (χ2v) is 10.4. The monoisotopic (exact) mass is 433 g/mol. The van der Waals surface area contributed by atoms with Crippen LogP contribution in [0.4, 0.5) is 0 Å². The zero-order chi connectivity index (χ0) is 20.3. The summed E-state index contributed by atoms with van der Waals surface area (Å²) in [6.45, 7) is 3.89. The highest BCUT2D eigenvalue weighted by molar-refractivity contribution is 7.89. The Morgan fingerprint density at radius 2 is 1.79 bits per heavy atom. The molecule has 1 N–H and O–H groups in total. The van der Waals surface area contributed by atoms with Crippen LogP contribution >= 0.6 is 11.3 Å². The maximum absolute atomic E-state index is 12.7. The molecule has 2 heterocycles. The molecule has 0 unspecified atom stereocenters. The second-order valence-electron chi connectivity index (χ2n) is 7.65. The van der Waals surface area contributed by atoms with Crippen molar-refractivity contribution in [3.05, 3.63) is 51.7 Å². The highest BCUT2D eigenvalue weighted by Gasteiger charge is 2.23. The van der Waals surface area contributed by atoms with Crippen molar-refractivity contribution >= 4 is 27.3 Å². The summed E-state index contributed by atoms with van der Waals surface area (Å²) < 4.78 is 28.0. The number of hydrogen-bond donors (Lipinski definition) is 1. The molecule has 0 atom stereocenters. The molecule has 2 aliphatic rings. The SMILES string of the molecule is O=C(c1cccs1)N1CCN(CCNS(=O)(=O)c2ccc3c(c2)CCCC3)CC1. The van der Waals surface area contributed by atoms with Crippen LogP contribution < -0.4 is 4.72 Å². The molecule has 0 bridgehead atoms. The topological polar surface area (TPSA) is 69.7 Å². The molecule has 1 amide bonds. The fourth-order valence-corrected chi connectivity index (χ4v) is 5.79. The summed E-state index contributed by atoms with van der Waals surface area (Å²) in [5, 5.41) is 1.91. The van der Waals surface area contributed by atoms with Crippen LogP contribution in [-0.4, -0.2) is 63.4 Å². The summed E-state index contributed by atoms with van der Waals surface area (Å²) in [5.41, 5.74) is 2.45. The fraction of sp³-hybridized carbons (Fsp3) is 0.476. The molecule has 1 aromatic carbocycles. The number of nitrogens with one attached hydrogen (secondary N) is 1. The van der Waals surface area contributed by atoms with E-state index in [0.29, 0.717) is 31.1 Å². The normalized spacial score (nSPS) is 17.9. The maximum atomic E-state index is 12.7. The summed E-state index contributed by atoms with van der Waals surface area (Å²) in [5.74, 6) is 0.0905. The van der Waals surface area contributed by atoms with Gasteiger partial charge in [0.1, 0.15) is 0 Å². The van der Waals surface area contributed by atoms with E-state index in [0.717, 1.165) is 37.2 Å². The number of piperazine rings is 1. The number of thiophene rings is 1. The fourth-order valence-electron chi connectivity index (χ4n) is 4.03. The van der Waals surface area contributed by atoms with Crippen molar-refractivity contribution in [2.45, 2.75) is 30.6 Å². The van der Waals surface area contributed by atoms with Crippen molar-refractivity contribution in [1.82, 2.24) is 14.5 Å². The van der Waals surface area contributed by atoms with Crippen LogP contribution in [0.1, 0.15) is 33.6 Å². The Bertz CT molecular complexity index is 950. The Labute approximate surface area is 176 Å². The van der Waals surface area contributed by atoms with E-state index in [2.05, 4.69) is 9.62 Å². The molecule has 1 fully saturated rings.